The van der Waals surface area contributed by atoms with E-state index in [1.54, 1.807) is 24.3 Å². The van der Waals surface area contributed by atoms with E-state index < -0.39 is 0 Å². The van der Waals surface area contributed by atoms with Crippen LogP contribution >= 0.6 is 46.1 Å². The molecule has 1 aromatic heterocycles. The van der Waals surface area contributed by atoms with Crippen molar-refractivity contribution in [1.82, 2.24) is 4.98 Å². The van der Waals surface area contributed by atoms with E-state index in [2.05, 4.69) is 11.1 Å². The van der Waals surface area contributed by atoms with Gasteiger partial charge in [-0.1, -0.05) is 59.1 Å². The fraction of sp³-hybridized carbons (Fsp3) is 0. The van der Waals surface area contributed by atoms with E-state index in [9.17, 15) is 5.26 Å². The zero-order valence-electron chi connectivity index (χ0n) is 12.1. The molecule has 0 spiro atoms. The molecule has 24 heavy (non-hydrogen) atoms. The summed E-state index contributed by atoms with van der Waals surface area (Å²) in [7, 11) is 0. The number of benzene rings is 2. The number of nitriles is 1. The second-order valence-electron chi connectivity index (χ2n) is 4.86. The van der Waals surface area contributed by atoms with Gasteiger partial charge in [-0.25, -0.2) is 4.98 Å². The monoisotopic (exact) mass is 390 g/mol. The van der Waals surface area contributed by atoms with E-state index in [-0.39, 0.29) is 0 Å². The van der Waals surface area contributed by atoms with E-state index in [0.29, 0.717) is 25.6 Å². The summed E-state index contributed by atoms with van der Waals surface area (Å²) in [6.07, 6.45) is 1.74. The first-order valence-electron chi connectivity index (χ1n) is 6.86. The van der Waals surface area contributed by atoms with Gasteiger partial charge in [0, 0.05) is 16.0 Å². The van der Waals surface area contributed by atoms with Crippen molar-refractivity contribution in [2.75, 3.05) is 0 Å². The molecule has 0 unspecified atom stereocenters. The zero-order valence-corrected chi connectivity index (χ0v) is 15.2. The van der Waals surface area contributed by atoms with Gasteiger partial charge in [-0.3, -0.25) is 0 Å². The Labute approximate surface area is 158 Å². The van der Waals surface area contributed by atoms with Gasteiger partial charge < -0.3 is 0 Å². The van der Waals surface area contributed by atoms with Crippen LogP contribution < -0.4 is 0 Å². The van der Waals surface area contributed by atoms with Crippen LogP contribution in [0.4, 0.5) is 0 Å². The van der Waals surface area contributed by atoms with Crippen molar-refractivity contribution in [3.05, 3.63) is 73.5 Å². The Hall–Kier alpha value is -1.83. The van der Waals surface area contributed by atoms with Gasteiger partial charge >= 0.3 is 0 Å². The third-order valence-corrected chi connectivity index (χ3v) is 5.23. The molecule has 0 amide bonds. The Morgan fingerprint density at radius 2 is 1.83 bits per heavy atom. The maximum atomic E-state index is 9.46. The molecule has 3 rings (SSSR count). The minimum Gasteiger partial charge on any atom is -0.235 e. The average Bonchev–Trinajstić information content (AvgIpc) is 3.06. The van der Waals surface area contributed by atoms with Crippen molar-refractivity contribution in [2.24, 2.45) is 0 Å². The number of hydrogen-bond donors (Lipinski definition) is 0. The molecule has 3 aromatic rings. The Morgan fingerprint density at radius 3 is 2.54 bits per heavy atom. The second kappa shape index (κ2) is 7.38. The lowest BCUT2D eigenvalue weighted by molar-refractivity contribution is 1.37. The van der Waals surface area contributed by atoms with Gasteiger partial charge in [0.1, 0.15) is 11.1 Å². The molecule has 0 N–H and O–H groups in total. The summed E-state index contributed by atoms with van der Waals surface area (Å²) < 4.78 is 0. The summed E-state index contributed by atoms with van der Waals surface area (Å²) in [5.41, 5.74) is 2.83. The molecule has 0 saturated carbocycles. The van der Waals surface area contributed by atoms with Crippen LogP contribution in [0.5, 0.6) is 0 Å². The molecular weight excluding hydrogens is 383 g/mol. The van der Waals surface area contributed by atoms with Crippen LogP contribution in [-0.4, -0.2) is 4.98 Å². The van der Waals surface area contributed by atoms with Crippen LogP contribution in [0, 0.1) is 11.3 Å². The second-order valence-corrected chi connectivity index (χ2v) is 6.94. The molecule has 0 atom stereocenters. The Morgan fingerprint density at radius 1 is 1.04 bits per heavy atom. The van der Waals surface area contributed by atoms with E-state index in [1.165, 1.54) is 11.3 Å². The van der Waals surface area contributed by atoms with Gasteiger partial charge in [0.05, 0.1) is 21.3 Å². The first kappa shape index (κ1) is 17.0. The van der Waals surface area contributed by atoms with Gasteiger partial charge in [0.15, 0.2) is 0 Å². The highest BCUT2D eigenvalue weighted by molar-refractivity contribution is 7.11. The SMILES string of the molecule is N#CC(=Cc1ccccc1Cl)c1nc(-c2ccc(Cl)c(Cl)c2)cs1. The molecule has 2 nitrogen and oxygen atoms in total. The van der Waals surface area contributed by atoms with Crippen LogP contribution in [0.25, 0.3) is 22.9 Å². The summed E-state index contributed by atoms with van der Waals surface area (Å²) in [6, 6.07) is 14.9. The highest BCUT2D eigenvalue weighted by atomic mass is 35.5. The van der Waals surface area contributed by atoms with Crippen molar-refractivity contribution in [1.29, 1.82) is 5.26 Å². The fourth-order valence-electron chi connectivity index (χ4n) is 2.07. The predicted molar refractivity (Wildman–Crippen MR) is 103 cm³/mol. The maximum absolute atomic E-state index is 9.46. The Kier molecular flexibility index (Phi) is 5.23. The summed E-state index contributed by atoms with van der Waals surface area (Å²) in [5, 5.41) is 13.5. The first-order chi connectivity index (χ1) is 11.6. The van der Waals surface area contributed by atoms with Crippen molar-refractivity contribution < 1.29 is 0 Å². The Bertz CT molecular complexity index is 970. The van der Waals surface area contributed by atoms with Gasteiger partial charge in [0.2, 0.25) is 0 Å². The van der Waals surface area contributed by atoms with Crippen LogP contribution in [0.1, 0.15) is 10.6 Å². The molecule has 6 heteroatoms. The standard InChI is InChI=1S/C18H9Cl3N2S/c19-14-4-2-1-3-11(14)7-13(9-22)18-23-17(10-24-18)12-5-6-15(20)16(21)8-12/h1-8,10H. The summed E-state index contributed by atoms with van der Waals surface area (Å²) >= 11 is 19.5. The normalized spacial score (nSPS) is 11.3. The zero-order chi connectivity index (χ0) is 17.1. The summed E-state index contributed by atoms with van der Waals surface area (Å²) in [5.74, 6) is 0. The Balaban J connectivity index is 1.98. The molecule has 0 fully saturated rings. The van der Waals surface area contributed by atoms with Crippen LogP contribution in [0.3, 0.4) is 0 Å². The number of halogens is 3. The predicted octanol–water partition coefficient (Wildman–Crippen LogP) is 6.83. The van der Waals surface area contributed by atoms with Crippen LogP contribution in [0.2, 0.25) is 15.1 Å². The molecular formula is C18H9Cl3N2S. The van der Waals surface area contributed by atoms with E-state index in [4.69, 9.17) is 34.8 Å². The largest absolute Gasteiger partial charge is 0.235 e. The van der Waals surface area contributed by atoms with Crippen molar-refractivity contribution in [3.8, 4) is 17.3 Å². The molecule has 0 aliphatic heterocycles. The van der Waals surface area contributed by atoms with Gasteiger partial charge in [-0.05, 0) is 29.8 Å². The highest BCUT2D eigenvalue weighted by Gasteiger charge is 2.11. The molecule has 0 saturated heterocycles. The minimum absolute atomic E-state index is 0.458. The molecule has 2 aromatic carbocycles. The van der Waals surface area contributed by atoms with Crippen molar-refractivity contribution in [3.63, 3.8) is 0 Å². The van der Waals surface area contributed by atoms with Crippen molar-refractivity contribution in [2.45, 2.75) is 0 Å². The van der Waals surface area contributed by atoms with E-state index in [0.717, 1.165) is 16.8 Å². The number of thiazole rings is 1. The van der Waals surface area contributed by atoms with Crippen LogP contribution in [0.15, 0.2) is 47.8 Å². The van der Waals surface area contributed by atoms with Gasteiger partial charge in [0.25, 0.3) is 0 Å². The molecule has 0 radical (unpaired) electrons. The molecule has 0 bridgehead atoms. The van der Waals surface area contributed by atoms with E-state index >= 15 is 0 Å². The highest BCUT2D eigenvalue weighted by Crippen LogP contribution is 2.31. The molecule has 1 heterocycles. The fourth-order valence-corrected chi connectivity index (χ4v) is 3.36. The average molecular weight is 392 g/mol. The number of aromatic nitrogens is 1. The first-order valence-corrected chi connectivity index (χ1v) is 8.87. The number of nitrogens with zero attached hydrogens (tertiary/aromatic N) is 2. The third kappa shape index (κ3) is 3.63. The molecule has 118 valence electrons. The van der Waals surface area contributed by atoms with Gasteiger partial charge in [-0.2, -0.15) is 5.26 Å². The van der Waals surface area contributed by atoms with Crippen LogP contribution in [-0.2, 0) is 0 Å². The smallest absolute Gasteiger partial charge is 0.134 e. The number of rotatable bonds is 3. The van der Waals surface area contributed by atoms with Gasteiger partial charge in [-0.15, -0.1) is 11.3 Å². The lowest BCUT2D eigenvalue weighted by Crippen LogP contribution is -1.84. The molecule has 0 aliphatic carbocycles. The minimum atomic E-state index is 0.458. The number of allylic oxidation sites excluding steroid dienone is 1. The summed E-state index contributed by atoms with van der Waals surface area (Å²) in [4.78, 5) is 4.53. The maximum Gasteiger partial charge on any atom is 0.134 e. The quantitative estimate of drug-likeness (QED) is 0.458. The topological polar surface area (TPSA) is 36.7 Å². The lowest BCUT2D eigenvalue weighted by atomic mass is 10.1. The van der Waals surface area contributed by atoms with Crippen molar-refractivity contribution >= 4 is 57.8 Å². The van der Waals surface area contributed by atoms with E-state index in [1.807, 2.05) is 29.6 Å². The number of hydrogen-bond acceptors (Lipinski definition) is 3. The molecule has 0 aliphatic rings. The third-order valence-electron chi connectivity index (χ3n) is 3.28. The lowest BCUT2D eigenvalue weighted by Gasteiger charge is -2.00. The summed E-state index contributed by atoms with van der Waals surface area (Å²) in [6.45, 7) is 0.